The highest BCUT2D eigenvalue weighted by atomic mass is 35.5. The summed E-state index contributed by atoms with van der Waals surface area (Å²) in [5.74, 6) is 0.434. The molecule has 0 unspecified atom stereocenters. The Morgan fingerprint density at radius 1 is 1.18 bits per heavy atom. The van der Waals surface area contributed by atoms with Crippen molar-refractivity contribution in [3.63, 3.8) is 0 Å². The van der Waals surface area contributed by atoms with Gasteiger partial charge in [0.25, 0.3) is 0 Å². The Labute approximate surface area is 105 Å². The molecule has 0 aliphatic heterocycles. The highest BCUT2D eigenvalue weighted by molar-refractivity contribution is 6.32. The molecule has 0 amide bonds. The zero-order chi connectivity index (χ0) is 12.3. The number of hydrogen-bond acceptors (Lipinski definition) is 1. The molecule has 2 rings (SSSR count). The van der Waals surface area contributed by atoms with Gasteiger partial charge >= 0.3 is 0 Å². The van der Waals surface area contributed by atoms with Crippen molar-refractivity contribution in [3.8, 4) is 5.75 Å². The molecule has 0 aromatic heterocycles. The molecule has 0 N–H and O–H groups in total. The van der Waals surface area contributed by atoms with Gasteiger partial charge in [0.2, 0.25) is 0 Å². The van der Waals surface area contributed by atoms with Crippen molar-refractivity contribution in [1.29, 1.82) is 0 Å². The first-order chi connectivity index (χ1) is 8.20. The first-order valence-electron chi connectivity index (χ1n) is 5.26. The van der Waals surface area contributed by atoms with Crippen LogP contribution in [0.3, 0.4) is 0 Å². The monoisotopic (exact) mass is 250 g/mol. The molecule has 2 aromatic carbocycles. The van der Waals surface area contributed by atoms with Gasteiger partial charge in [-0.1, -0.05) is 35.9 Å². The van der Waals surface area contributed by atoms with Crippen molar-refractivity contribution < 1.29 is 9.13 Å². The Hall–Kier alpha value is -1.54. The molecule has 3 heteroatoms. The summed E-state index contributed by atoms with van der Waals surface area (Å²) >= 11 is 6.02. The molecule has 0 spiro atoms. The fourth-order valence-corrected chi connectivity index (χ4v) is 1.96. The van der Waals surface area contributed by atoms with Gasteiger partial charge < -0.3 is 4.74 Å². The Kier molecular flexibility index (Phi) is 3.64. The summed E-state index contributed by atoms with van der Waals surface area (Å²) < 4.78 is 18.5. The van der Waals surface area contributed by atoms with Gasteiger partial charge in [-0.15, -0.1) is 0 Å². The van der Waals surface area contributed by atoms with E-state index in [9.17, 15) is 4.39 Å². The van der Waals surface area contributed by atoms with Crippen LogP contribution in [-0.2, 0) is 6.42 Å². The van der Waals surface area contributed by atoms with E-state index >= 15 is 0 Å². The van der Waals surface area contributed by atoms with Gasteiger partial charge in [0.1, 0.15) is 11.6 Å². The second-order valence-electron chi connectivity index (χ2n) is 3.74. The van der Waals surface area contributed by atoms with Crippen molar-refractivity contribution in [3.05, 3.63) is 64.4 Å². The number of rotatable bonds is 3. The maximum absolute atomic E-state index is 13.5. The third kappa shape index (κ3) is 2.77. The van der Waals surface area contributed by atoms with E-state index in [1.807, 2.05) is 12.1 Å². The standard InChI is InChI=1S/C14H12ClFO/c1-17-14-7-6-10(9-12(14)15)8-11-4-2-3-5-13(11)16/h2-7,9H,8H2,1H3. The van der Waals surface area contributed by atoms with Crippen LogP contribution in [0.2, 0.25) is 5.02 Å². The average molecular weight is 251 g/mol. The number of halogens is 2. The number of ether oxygens (including phenoxy) is 1. The van der Waals surface area contributed by atoms with Gasteiger partial charge in [0, 0.05) is 6.42 Å². The van der Waals surface area contributed by atoms with Crippen molar-refractivity contribution in [2.24, 2.45) is 0 Å². The minimum Gasteiger partial charge on any atom is -0.495 e. The second-order valence-corrected chi connectivity index (χ2v) is 4.14. The van der Waals surface area contributed by atoms with Crippen molar-refractivity contribution in [2.75, 3.05) is 7.11 Å². The molecular formula is C14H12ClFO. The minimum absolute atomic E-state index is 0.195. The van der Waals surface area contributed by atoms with Crippen LogP contribution in [-0.4, -0.2) is 7.11 Å². The molecule has 0 aliphatic carbocycles. The molecule has 0 aliphatic rings. The van der Waals surface area contributed by atoms with Crippen molar-refractivity contribution in [1.82, 2.24) is 0 Å². The lowest BCUT2D eigenvalue weighted by molar-refractivity contribution is 0.415. The van der Waals surface area contributed by atoms with E-state index in [-0.39, 0.29) is 5.82 Å². The van der Waals surface area contributed by atoms with E-state index in [4.69, 9.17) is 16.3 Å². The summed E-state index contributed by atoms with van der Waals surface area (Å²) in [5, 5.41) is 0.543. The molecule has 0 fully saturated rings. The molecule has 0 heterocycles. The predicted octanol–water partition coefficient (Wildman–Crippen LogP) is 4.08. The maximum atomic E-state index is 13.5. The summed E-state index contributed by atoms with van der Waals surface area (Å²) in [5.41, 5.74) is 1.62. The zero-order valence-electron chi connectivity index (χ0n) is 9.41. The molecular weight excluding hydrogens is 239 g/mol. The van der Waals surface area contributed by atoms with E-state index in [0.29, 0.717) is 22.8 Å². The van der Waals surface area contributed by atoms with Gasteiger partial charge in [-0.2, -0.15) is 0 Å². The fourth-order valence-electron chi connectivity index (χ4n) is 1.68. The highest BCUT2D eigenvalue weighted by Crippen LogP contribution is 2.26. The summed E-state index contributed by atoms with van der Waals surface area (Å²) in [7, 11) is 1.57. The van der Waals surface area contributed by atoms with Gasteiger partial charge in [-0.25, -0.2) is 4.39 Å². The Bertz CT molecular complexity index is 525. The summed E-state index contributed by atoms with van der Waals surface area (Å²) in [4.78, 5) is 0. The Morgan fingerprint density at radius 3 is 2.59 bits per heavy atom. The van der Waals surface area contributed by atoms with Gasteiger partial charge in [0.05, 0.1) is 12.1 Å². The van der Waals surface area contributed by atoms with E-state index < -0.39 is 0 Å². The highest BCUT2D eigenvalue weighted by Gasteiger charge is 2.05. The average Bonchev–Trinajstić information content (AvgIpc) is 2.32. The molecule has 1 nitrogen and oxygen atoms in total. The van der Waals surface area contributed by atoms with Crippen LogP contribution in [0.1, 0.15) is 11.1 Å². The van der Waals surface area contributed by atoms with E-state index in [1.54, 1.807) is 31.4 Å². The molecule has 0 radical (unpaired) electrons. The first kappa shape index (κ1) is 11.9. The molecule has 0 saturated carbocycles. The fraction of sp³-hybridized carbons (Fsp3) is 0.143. The van der Waals surface area contributed by atoms with Crippen LogP contribution >= 0.6 is 11.6 Å². The molecule has 88 valence electrons. The van der Waals surface area contributed by atoms with Crippen molar-refractivity contribution >= 4 is 11.6 Å². The topological polar surface area (TPSA) is 9.23 Å². The van der Waals surface area contributed by atoms with E-state index in [1.165, 1.54) is 6.07 Å². The summed E-state index contributed by atoms with van der Waals surface area (Å²) in [6, 6.07) is 12.2. The van der Waals surface area contributed by atoms with Gasteiger partial charge in [-0.05, 0) is 29.3 Å². The van der Waals surface area contributed by atoms with Crippen LogP contribution in [0.5, 0.6) is 5.75 Å². The van der Waals surface area contributed by atoms with Crippen LogP contribution in [0.15, 0.2) is 42.5 Å². The van der Waals surface area contributed by atoms with Crippen LogP contribution in [0.25, 0.3) is 0 Å². The van der Waals surface area contributed by atoms with E-state index in [2.05, 4.69) is 0 Å². The Morgan fingerprint density at radius 2 is 1.94 bits per heavy atom. The molecule has 2 aromatic rings. The van der Waals surface area contributed by atoms with Crippen LogP contribution < -0.4 is 4.74 Å². The normalized spacial score (nSPS) is 10.3. The number of methoxy groups -OCH3 is 1. The summed E-state index contributed by atoms with van der Waals surface area (Å²) in [6.07, 6.45) is 0.524. The SMILES string of the molecule is COc1ccc(Cc2ccccc2F)cc1Cl. The largest absolute Gasteiger partial charge is 0.495 e. The lowest BCUT2D eigenvalue weighted by Crippen LogP contribution is -1.93. The predicted molar refractivity (Wildman–Crippen MR) is 67.2 cm³/mol. The van der Waals surface area contributed by atoms with Crippen LogP contribution in [0.4, 0.5) is 4.39 Å². The minimum atomic E-state index is -0.195. The summed E-state index contributed by atoms with van der Waals surface area (Å²) in [6.45, 7) is 0. The zero-order valence-corrected chi connectivity index (χ0v) is 10.2. The third-order valence-corrected chi connectivity index (χ3v) is 2.86. The van der Waals surface area contributed by atoms with E-state index in [0.717, 1.165) is 5.56 Å². The lowest BCUT2D eigenvalue weighted by Gasteiger charge is -2.07. The number of hydrogen-bond donors (Lipinski definition) is 0. The molecule has 0 bridgehead atoms. The maximum Gasteiger partial charge on any atom is 0.137 e. The van der Waals surface area contributed by atoms with Crippen LogP contribution in [0, 0.1) is 5.82 Å². The smallest absolute Gasteiger partial charge is 0.137 e. The number of benzene rings is 2. The molecule has 17 heavy (non-hydrogen) atoms. The van der Waals surface area contributed by atoms with Gasteiger partial charge in [0.15, 0.2) is 0 Å². The second kappa shape index (κ2) is 5.19. The van der Waals surface area contributed by atoms with Crippen molar-refractivity contribution in [2.45, 2.75) is 6.42 Å². The van der Waals surface area contributed by atoms with Gasteiger partial charge in [-0.3, -0.25) is 0 Å². The molecule has 0 atom stereocenters. The third-order valence-electron chi connectivity index (χ3n) is 2.57. The quantitative estimate of drug-likeness (QED) is 0.798. The first-order valence-corrected chi connectivity index (χ1v) is 5.64. The molecule has 0 saturated heterocycles. The lowest BCUT2D eigenvalue weighted by atomic mass is 10.0. The Balaban J connectivity index is 2.25.